The molecule has 0 saturated carbocycles. The number of nitrogens with two attached hydrogens (primary N) is 1. The van der Waals surface area contributed by atoms with Crippen LogP contribution in [0.4, 0.5) is 0 Å². The fraction of sp³-hybridized carbons (Fsp3) is 0.438. The van der Waals surface area contributed by atoms with E-state index in [9.17, 15) is 4.79 Å². The first kappa shape index (κ1) is 18.1. The number of nitrogen functional groups attached to an aromatic ring is 1. The molecule has 5 nitrogen and oxygen atoms in total. The highest BCUT2D eigenvalue weighted by atomic mass is 32.1. The second-order valence-electron chi connectivity index (χ2n) is 6.56. The van der Waals surface area contributed by atoms with Crippen LogP contribution >= 0.6 is 12.6 Å². The van der Waals surface area contributed by atoms with Crippen LogP contribution in [-0.2, 0) is 9.31 Å². The molecule has 1 heterocycles. The maximum atomic E-state index is 11.5. The molecule has 0 bridgehead atoms. The average molecular weight is 334 g/mol. The fourth-order valence-electron chi connectivity index (χ4n) is 2.21. The normalized spacial score (nSPS) is 19.7. The summed E-state index contributed by atoms with van der Waals surface area (Å²) >= 11 is 4.39. The Morgan fingerprint density at radius 3 is 2.17 bits per heavy atom. The van der Waals surface area contributed by atoms with E-state index in [4.69, 9.17) is 15.2 Å². The molecule has 23 heavy (non-hydrogen) atoms. The topological polar surface area (TPSA) is 73.6 Å². The number of carbonyl (C=O) groups is 1. The molecule has 3 N–H and O–H groups in total. The summed E-state index contributed by atoms with van der Waals surface area (Å²) in [6.45, 7) is 8.07. The smallest absolute Gasteiger partial charge is 0.400 e. The van der Waals surface area contributed by atoms with Crippen LogP contribution in [-0.4, -0.2) is 30.0 Å². The quantitative estimate of drug-likeness (QED) is 0.260. The maximum absolute atomic E-state index is 11.5. The minimum atomic E-state index is -0.426. The van der Waals surface area contributed by atoms with Crippen molar-refractivity contribution in [3.63, 3.8) is 0 Å². The number of hydrogen-bond acceptors (Lipinski definition) is 5. The first-order chi connectivity index (χ1) is 10.7. The number of rotatable bonds is 4. The van der Waals surface area contributed by atoms with Crippen LogP contribution in [0.25, 0.3) is 6.08 Å². The zero-order chi connectivity index (χ0) is 17.3. The van der Waals surface area contributed by atoms with E-state index in [2.05, 4.69) is 18.1 Å². The van der Waals surface area contributed by atoms with Gasteiger partial charge in [0.05, 0.1) is 11.2 Å². The van der Waals surface area contributed by atoms with Crippen molar-refractivity contribution in [3.8, 4) is 0 Å². The van der Waals surface area contributed by atoms with Crippen LogP contribution in [0.15, 0.2) is 29.7 Å². The number of benzene rings is 1. The minimum Gasteiger partial charge on any atom is -0.400 e. The van der Waals surface area contributed by atoms with Gasteiger partial charge in [-0.2, -0.15) is 12.6 Å². The molecule has 1 amide bonds. The Morgan fingerprint density at radius 1 is 1.22 bits per heavy atom. The van der Waals surface area contributed by atoms with Crippen molar-refractivity contribution >= 4 is 31.7 Å². The van der Waals surface area contributed by atoms with Gasteiger partial charge in [0.15, 0.2) is 0 Å². The van der Waals surface area contributed by atoms with Gasteiger partial charge in [-0.05, 0) is 50.9 Å². The molecule has 0 unspecified atom stereocenters. The molecule has 124 valence electrons. The molecule has 0 radical (unpaired) electrons. The molecule has 1 saturated heterocycles. The van der Waals surface area contributed by atoms with E-state index in [0.717, 1.165) is 11.0 Å². The molecule has 1 aliphatic heterocycles. The summed E-state index contributed by atoms with van der Waals surface area (Å²) in [7, 11) is -0.426. The van der Waals surface area contributed by atoms with Crippen molar-refractivity contribution in [1.29, 1.82) is 0 Å². The van der Waals surface area contributed by atoms with E-state index < -0.39 is 7.12 Å². The lowest BCUT2D eigenvalue weighted by atomic mass is 9.78. The largest absolute Gasteiger partial charge is 0.491 e. The lowest BCUT2D eigenvalue weighted by Crippen LogP contribution is -2.41. The van der Waals surface area contributed by atoms with Gasteiger partial charge < -0.3 is 9.31 Å². The van der Waals surface area contributed by atoms with E-state index in [1.807, 2.05) is 45.9 Å². The third kappa shape index (κ3) is 3.80. The van der Waals surface area contributed by atoms with Gasteiger partial charge in [0.1, 0.15) is 0 Å². The molecule has 0 spiro atoms. The van der Waals surface area contributed by atoms with Gasteiger partial charge in [0.2, 0.25) is 0 Å². The number of amides is 1. The zero-order valence-corrected chi connectivity index (χ0v) is 14.8. The minimum absolute atomic E-state index is 0.319. The Labute approximate surface area is 143 Å². The van der Waals surface area contributed by atoms with E-state index in [-0.39, 0.29) is 17.1 Å². The third-order valence-corrected chi connectivity index (χ3v) is 4.76. The summed E-state index contributed by atoms with van der Waals surface area (Å²) in [5.74, 6) is 5.32. The van der Waals surface area contributed by atoms with E-state index in [1.165, 1.54) is 0 Å². The first-order valence-electron chi connectivity index (χ1n) is 7.48. The summed E-state index contributed by atoms with van der Waals surface area (Å²) < 4.78 is 12.1. The molecule has 0 aliphatic carbocycles. The molecule has 1 aromatic rings. The predicted octanol–water partition coefficient (Wildman–Crippen LogP) is 2.23. The van der Waals surface area contributed by atoms with Crippen molar-refractivity contribution < 1.29 is 14.1 Å². The fourth-order valence-corrected chi connectivity index (χ4v) is 2.45. The first-order valence-corrected chi connectivity index (χ1v) is 8.11. The second-order valence-corrected chi connectivity index (χ2v) is 6.88. The van der Waals surface area contributed by atoms with E-state index in [0.29, 0.717) is 11.3 Å². The third-order valence-electron chi connectivity index (χ3n) is 4.39. The van der Waals surface area contributed by atoms with Crippen LogP contribution in [0.5, 0.6) is 0 Å². The van der Waals surface area contributed by atoms with Gasteiger partial charge in [0, 0.05) is 11.3 Å². The number of thiol groups is 1. The Balaban J connectivity index is 2.21. The summed E-state index contributed by atoms with van der Waals surface area (Å²) in [5.41, 5.74) is 3.72. The molecule has 0 atom stereocenters. The molecular formula is C16H23BN2O3S. The van der Waals surface area contributed by atoms with Gasteiger partial charge in [-0.3, -0.25) is 10.2 Å². The van der Waals surface area contributed by atoms with Crippen LogP contribution in [0.1, 0.15) is 43.6 Å². The number of hydrazine groups is 1. The monoisotopic (exact) mass is 334 g/mol. The molecule has 1 aromatic carbocycles. The molecule has 1 aliphatic rings. The Kier molecular flexibility index (Phi) is 5.25. The maximum Gasteiger partial charge on any atom is 0.491 e. The Hall–Kier alpha value is -1.28. The van der Waals surface area contributed by atoms with Gasteiger partial charge in [-0.1, -0.05) is 18.2 Å². The SMILES string of the molecule is CC1(C)OB(C(=Cc2ccc(C(=O)NN)cc2)CS)OC1(C)C. The lowest BCUT2D eigenvalue weighted by Gasteiger charge is -2.32. The predicted molar refractivity (Wildman–Crippen MR) is 96.0 cm³/mol. The van der Waals surface area contributed by atoms with Crippen LogP contribution in [0.3, 0.4) is 0 Å². The average Bonchev–Trinajstić information content (AvgIpc) is 2.72. The Bertz CT molecular complexity index is 598. The highest BCUT2D eigenvalue weighted by Crippen LogP contribution is 2.39. The molecule has 2 rings (SSSR count). The van der Waals surface area contributed by atoms with Crippen LogP contribution < -0.4 is 11.3 Å². The highest BCUT2D eigenvalue weighted by Gasteiger charge is 2.52. The highest BCUT2D eigenvalue weighted by molar-refractivity contribution is 7.80. The number of carbonyl (C=O) groups excluding carboxylic acids is 1. The molecular weight excluding hydrogens is 311 g/mol. The molecule has 7 heteroatoms. The summed E-state index contributed by atoms with van der Waals surface area (Å²) in [4.78, 5) is 11.5. The summed E-state index contributed by atoms with van der Waals surface area (Å²) in [5, 5.41) is 0. The Morgan fingerprint density at radius 2 is 1.74 bits per heavy atom. The van der Waals surface area contributed by atoms with Crippen molar-refractivity contribution in [3.05, 3.63) is 40.9 Å². The van der Waals surface area contributed by atoms with Gasteiger partial charge >= 0.3 is 7.12 Å². The molecule has 1 fully saturated rings. The van der Waals surface area contributed by atoms with Crippen molar-refractivity contribution in [1.82, 2.24) is 5.43 Å². The van der Waals surface area contributed by atoms with Gasteiger partial charge in [-0.25, -0.2) is 5.84 Å². The number of hydrogen-bond donors (Lipinski definition) is 3. The zero-order valence-electron chi connectivity index (χ0n) is 13.9. The van der Waals surface area contributed by atoms with Crippen LogP contribution in [0.2, 0.25) is 0 Å². The van der Waals surface area contributed by atoms with Crippen LogP contribution in [0, 0.1) is 0 Å². The van der Waals surface area contributed by atoms with Crippen molar-refractivity contribution in [2.24, 2.45) is 5.84 Å². The van der Waals surface area contributed by atoms with Gasteiger partial charge in [0.25, 0.3) is 5.91 Å². The van der Waals surface area contributed by atoms with Gasteiger partial charge in [-0.15, -0.1) is 0 Å². The second kappa shape index (κ2) is 6.69. The lowest BCUT2D eigenvalue weighted by molar-refractivity contribution is 0.00578. The summed E-state index contributed by atoms with van der Waals surface area (Å²) in [6.07, 6.45) is 1.97. The van der Waals surface area contributed by atoms with E-state index >= 15 is 0 Å². The standard InChI is InChI=1S/C16H23BN2O3S/c1-15(2)16(3,4)22-17(21-15)13(10-23)9-11-5-7-12(8-6-11)14(20)19-18/h5-9,23H,10,18H2,1-4H3,(H,19,20). The van der Waals surface area contributed by atoms with Crippen molar-refractivity contribution in [2.75, 3.05) is 5.75 Å². The van der Waals surface area contributed by atoms with E-state index in [1.54, 1.807) is 12.1 Å². The molecule has 0 aromatic heterocycles. The van der Waals surface area contributed by atoms with Crippen molar-refractivity contribution in [2.45, 2.75) is 38.9 Å². The summed E-state index contributed by atoms with van der Waals surface area (Å²) in [6, 6.07) is 7.13. The number of nitrogens with one attached hydrogen (secondary N) is 1.